The molecule has 0 aromatic heterocycles. The van der Waals surface area contributed by atoms with Gasteiger partial charge in [0.25, 0.3) is 0 Å². The van der Waals surface area contributed by atoms with E-state index in [4.69, 9.17) is 9.47 Å². The van der Waals surface area contributed by atoms with E-state index in [-0.39, 0.29) is 11.6 Å². The molecule has 0 aromatic carbocycles. The van der Waals surface area contributed by atoms with E-state index in [1.54, 1.807) is 6.08 Å². The monoisotopic (exact) mass is 327 g/mol. The Morgan fingerprint density at radius 2 is 2.25 bits per heavy atom. The fraction of sp³-hybridized carbons (Fsp3) is 0.650. The lowest BCUT2D eigenvalue weighted by Crippen LogP contribution is -2.48. The Kier molecular flexibility index (Phi) is 3.63. The molecular formula is C20H25NO3. The van der Waals surface area contributed by atoms with Gasteiger partial charge < -0.3 is 9.47 Å². The average Bonchev–Trinajstić information content (AvgIpc) is 2.99. The minimum Gasteiger partial charge on any atom is -0.449 e. The maximum atomic E-state index is 12.1. The van der Waals surface area contributed by atoms with Crippen molar-refractivity contribution in [3.05, 3.63) is 23.3 Å². The van der Waals surface area contributed by atoms with Gasteiger partial charge in [0.1, 0.15) is 6.61 Å². The Morgan fingerprint density at radius 3 is 3.04 bits per heavy atom. The van der Waals surface area contributed by atoms with Crippen LogP contribution in [0.4, 0.5) is 0 Å². The number of carbonyl (C=O) groups is 1. The zero-order valence-electron chi connectivity index (χ0n) is 14.7. The largest absolute Gasteiger partial charge is 0.449 e. The molecule has 2 bridgehead atoms. The summed E-state index contributed by atoms with van der Waals surface area (Å²) in [5.74, 6) is 6.16. The predicted octanol–water partition coefficient (Wildman–Crippen LogP) is 2.59. The number of ether oxygens (including phenoxy) is 2. The lowest BCUT2D eigenvalue weighted by molar-refractivity contribution is -0.148. The zero-order valence-corrected chi connectivity index (χ0v) is 14.7. The predicted molar refractivity (Wildman–Crippen MR) is 91.2 cm³/mol. The van der Waals surface area contributed by atoms with E-state index in [0.717, 1.165) is 30.5 Å². The van der Waals surface area contributed by atoms with Gasteiger partial charge in [-0.15, -0.1) is 0 Å². The van der Waals surface area contributed by atoms with E-state index >= 15 is 0 Å². The molecular weight excluding hydrogens is 302 g/mol. The Balaban J connectivity index is 1.63. The molecule has 0 aromatic rings. The van der Waals surface area contributed by atoms with Gasteiger partial charge in [0.05, 0.1) is 11.6 Å². The van der Waals surface area contributed by atoms with Gasteiger partial charge in [-0.25, -0.2) is 4.79 Å². The molecule has 2 saturated heterocycles. The number of carbonyl (C=O) groups excluding carboxylic acids is 1. The highest BCUT2D eigenvalue weighted by Gasteiger charge is 2.61. The van der Waals surface area contributed by atoms with Crippen LogP contribution >= 0.6 is 0 Å². The third-order valence-corrected chi connectivity index (χ3v) is 5.47. The van der Waals surface area contributed by atoms with Crippen LogP contribution in [0.3, 0.4) is 0 Å². The van der Waals surface area contributed by atoms with Gasteiger partial charge in [-0.3, -0.25) is 4.90 Å². The van der Waals surface area contributed by atoms with Crippen molar-refractivity contribution in [2.45, 2.75) is 69.7 Å². The molecule has 2 fully saturated rings. The summed E-state index contributed by atoms with van der Waals surface area (Å²) in [4.78, 5) is 14.6. The van der Waals surface area contributed by atoms with E-state index in [0.29, 0.717) is 18.7 Å². The summed E-state index contributed by atoms with van der Waals surface area (Å²) in [5.41, 5.74) is 1.32. The van der Waals surface area contributed by atoms with Crippen LogP contribution in [0.15, 0.2) is 23.3 Å². The van der Waals surface area contributed by atoms with Crippen molar-refractivity contribution in [3.63, 3.8) is 0 Å². The van der Waals surface area contributed by atoms with Gasteiger partial charge in [0.15, 0.2) is 5.60 Å². The lowest BCUT2D eigenvalue weighted by Gasteiger charge is -2.38. The Morgan fingerprint density at radius 1 is 1.42 bits per heavy atom. The molecule has 1 aliphatic carbocycles. The van der Waals surface area contributed by atoms with Crippen LogP contribution in [-0.4, -0.2) is 47.3 Å². The summed E-state index contributed by atoms with van der Waals surface area (Å²) in [7, 11) is 0. The lowest BCUT2D eigenvalue weighted by atomic mass is 9.77. The van der Waals surface area contributed by atoms with Gasteiger partial charge in [0, 0.05) is 29.7 Å². The molecule has 3 aliphatic heterocycles. The van der Waals surface area contributed by atoms with Crippen molar-refractivity contribution < 1.29 is 14.3 Å². The number of hydrogen-bond donors (Lipinski definition) is 0. The summed E-state index contributed by atoms with van der Waals surface area (Å²) in [6, 6.07) is 0.654. The van der Waals surface area contributed by atoms with Crippen molar-refractivity contribution in [1.29, 1.82) is 0 Å². The highest BCUT2D eigenvalue weighted by molar-refractivity contribution is 5.90. The molecule has 0 amide bonds. The van der Waals surface area contributed by atoms with Crippen molar-refractivity contribution in [1.82, 2.24) is 4.90 Å². The second-order valence-corrected chi connectivity index (χ2v) is 8.17. The number of rotatable bonds is 1. The first-order valence-corrected chi connectivity index (χ1v) is 8.95. The molecule has 0 radical (unpaired) electrons. The number of fused-ring (bicyclic) bond motifs is 3. The van der Waals surface area contributed by atoms with E-state index in [9.17, 15) is 4.79 Å². The fourth-order valence-electron chi connectivity index (χ4n) is 4.55. The molecule has 4 heteroatoms. The van der Waals surface area contributed by atoms with Gasteiger partial charge in [-0.2, -0.15) is 0 Å². The van der Waals surface area contributed by atoms with Crippen LogP contribution in [0.1, 0.15) is 46.5 Å². The normalized spacial score (nSPS) is 34.5. The van der Waals surface area contributed by atoms with E-state index in [1.165, 1.54) is 12.8 Å². The van der Waals surface area contributed by atoms with Crippen LogP contribution in [0.5, 0.6) is 0 Å². The Bertz CT molecular complexity index is 688. The van der Waals surface area contributed by atoms with E-state index in [1.807, 2.05) is 20.8 Å². The van der Waals surface area contributed by atoms with Gasteiger partial charge in [-0.1, -0.05) is 24.3 Å². The second kappa shape index (κ2) is 5.47. The quantitative estimate of drug-likeness (QED) is 0.548. The molecule has 4 aliphatic rings. The van der Waals surface area contributed by atoms with Crippen LogP contribution in [0.2, 0.25) is 0 Å². The van der Waals surface area contributed by atoms with Gasteiger partial charge in [0.2, 0.25) is 0 Å². The first-order chi connectivity index (χ1) is 11.4. The van der Waals surface area contributed by atoms with Crippen molar-refractivity contribution in [3.8, 4) is 11.8 Å². The van der Waals surface area contributed by atoms with Crippen LogP contribution in [0, 0.1) is 11.8 Å². The molecule has 0 saturated carbocycles. The second-order valence-electron chi connectivity index (χ2n) is 8.17. The molecule has 3 atom stereocenters. The SMILES string of the molecule is CC(C)(C)OCC#CC1=CC2CC3(OC(=O)C=C13)C1CCCCN21. The molecule has 4 nitrogen and oxygen atoms in total. The number of piperidine rings is 1. The number of esters is 1. The molecule has 3 heterocycles. The van der Waals surface area contributed by atoms with Crippen LogP contribution in [0.25, 0.3) is 0 Å². The maximum absolute atomic E-state index is 12.1. The minimum atomic E-state index is -0.453. The summed E-state index contributed by atoms with van der Waals surface area (Å²) in [6.07, 6.45) is 8.33. The summed E-state index contributed by atoms with van der Waals surface area (Å²) < 4.78 is 11.6. The summed E-state index contributed by atoms with van der Waals surface area (Å²) >= 11 is 0. The third-order valence-electron chi connectivity index (χ3n) is 5.47. The topological polar surface area (TPSA) is 38.8 Å². The van der Waals surface area contributed by atoms with Gasteiger partial charge in [-0.05, 0) is 40.2 Å². The van der Waals surface area contributed by atoms with Crippen molar-refractivity contribution in [2.24, 2.45) is 0 Å². The first-order valence-electron chi connectivity index (χ1n) is 8.95. The zero-order chi connectivity index (χ0) is 16.9. The summed E-state index contributed by atoms with van der Waals surface area (Å²) in [5, 5.41) is 0. The van der Waals surface area contributed by atoms with Crippen molar-refractivity contribution >= 4 is 5.97 Å². The Hall–Kier alpha value is -1.57. The fourth-order valence-corrected chi connectivity index (χ4v) is 4.55. The molecule has 24 heavy (non-hydrogen) atoms. The van der Waals surface area contributed by atoms with E-state index < -0.39 is 5.60 Å². The molecule has 3 unspecified atom stereocenters. The summed E-state index contributed by atoms with van der Waals surface area (Å²) in [6.45, 7) is 7.55. The highest BCUT2D eigenvalue weighted by Crippen LogP contribution is 2.53. The number of hydrogen-bond acceptors (Lipinski definition) is 4. The first kappa shape index (κ1) is 15.9. The van der Waals surface area contributed by atoms with Gasteiger partial charge >= 0.3 is 5.97 Å². The smallest absolute Gasteiger partial charge is 0.332 e. The molecule has 128 valence electrons. The standard InChI is InChI=1S/C20H25NO3/c1-19(2,3)23-10-6-7-14-11-15-13-20(16(14)12-18(22)24-20)17-8-4-5-9-21(15)17/h11-12,15,17H,4-5,8-10,13H2,1-3H3. The Labute approximate surface area is 143 Å². The van der Waals surface area contributed by atoms with Crippen molar-refractivity contribution in [2.75, 3.05) is 13.2 Å². The van der Waals surface area contributed by atoms with E-state index in [2.05, 4.69) is 22.8 Å². The minimum absolute atomic E-state index is 0.192. The molecule has 1 spiro atoms. The van der Waals surface area contributed by atoms with Crippen LogP contribution < -0.4 is 0 Å². The average molecular weight is 327 g/mol. The number of nitrogens with zero attached hydrogens (tertiary/aromatic N) is 1. The molecule has 4 rings (SSSR count). The molecule has 0 N–H and O–H groups in total. The van der Waals surface area contributed by atoms with Crippen LogP contribution in [-0.2, 0) is 14.3 Å². The third kappa shape index (κ3) is 2.51. The maximum Gasteiger partial charge on any atom is 0.332 e. The highest BCUT2D eigenvalue weighted by atomic mass is 16.6.